The maximum absolute atomic E-state index is 14.0. The molecule has 1 aromatic rings. The van der Waals surface area contributed by atoms with E-state index in [9.17, 15) is 27.9 Å². The molecule has 1 saturated carbocycles. The molecule has 1 unspecified atom stereocenters. The summed E-state index contributed by atoms with van der Waals surface area (Å²) in [6, 6.07) is 1.64. The van der Waals surface area contributed by atoms with Gasteiger partial charge >= 0.3 is 12.1 Å². The van der Waals surface area contributed by atoms with Gasteiger partial charge in [-0.25, -0.2) is 18.0 Å². The van der Waals surface area contributed by atoms with Crippen molar-refractivity contribution in [3.63, 3.8) is 0 Å². The molecular formula is C27H40N2O7S2. The van der Waals surface area contributed by atoms with Gasteiger partial charge in [-0.2, -0.15) is 0 Å². The summed E-state index contributed by atoms with van der Waals surface area (Å²) in [5.41, 5.74) is 0.205. The summed E-state index contributed by atoms with van der Waals surface area (Å²) >= 11 is 1.23. The highest BCUT2D eigenvalue weighted by atomic mass is 32.2. The van der Waals surface area contributed by atoms with Crippen LogP contribution in [-0.4, -0.2) is 73.1 Å². The van der Waals surface area contributed by atoms with Crippen LogP contribution in [0.4, 0.5) is 10.5 Å². The Hall–Kier alpha value is -2.14. The monoisotopic (exact) mass is 568 g/mol. The molecule has 1 N–H and O–H groups in total. The molecule has 3 heterocycles. The average molecular weight is 569 g/mol. The quantitative estimate of drug-likeness (QED) is 0.547. The molecule has 2 aliphatic heterocycles. The van der Waals surface area contributed by atoms with E-state index in [1.54, 1.807) is 9.80 Å². The zero-order valence-electron chi connectivity index (χ0n) is 22.8. The number of piperidine rings is 1. The number of sulfone groups is 1. The first-order valence-corrected chi connectivity index (χ1v) is 16.3. The number of likely N-dealkylation sites (tertiary alicyclic amines) is 1. The summed E-state index contributed by atoms with van der Waals surface area (Å²) in [6.45, 7) is 9.00. The molecule has 38 heavy (non-hydrogen) atoms. The average Bonchev–Trinajstić information content (AvgIpc) is 3.43. The van der Waals surface area contributed by atoms with Crippen molar-refractivity contribution in [1.82, 2.24) is 4.90 Å². The topological polar surface area (TPSA) is 121 Å². The van der Waals surface area contributed by atoms with E-state index < -0.39 is 28.0 Å². The highest BCUT2D eigenvalue weighted by Crippen LogP contribution is 2.41. The van der Waals surface area contributed by atoms with Gasteiger partial charge in [-0.05, 0) is 62.3 Å². The van der Waals surface area contributed by atoms with Gasteiger partial charge in [-0.1, -0.05) is 27.7 Å². The number of carbonyl (C=O) groups is 3. The van der Waals surface area contributed by atoms with E-state index >= 15 is 0 Å². The lowest BCUT2D eigenvalue weighted by atomic mass is 9.82. The molecule has 11 heteroatoms. The Morgan fingerprint density at radius 3 is 2.21 bits per heavy atom. The first kappa shape index (κ1) is 28.9. The van der Waals surface area contributed by atoms with Gasteiger partial charge in [-0.3, -0.25) is 4.79 Å². The number of aromatic carboxylic acids is 1. The maximum atomic E-state index is 14.0. The first-order valence-electron chi connectivity index (χ1n) is 13.6. The van der Waals surface area contributed by atoms with E-state index in [1.807, 2.05) is 26.8 Å². The van der Waals surface area contributed by atoms with Gasteiger partial charge in [0.2, 0.25) is 5.91 Å². The zero-order chi connectivity index (χ0) is 27.8. The molecule has 9 nitrogen and oxygen atoms in total. The van der Waals surface area contributed by atoms with E-state index in [2.05, 4.69) is 6.92 Å². The molecule has 0 spiro atoms. The number of anilines is 1. The Morgan fingerprint density at radius 2 is 1.68 bits per heavy atom. The van der Waals surface area contributed by atoms with Gasteiger partial charge < -0.3 is 19.6 Å². The Balaban J connectivity index is 1.54. The molecule has 0 radical (unpaired) electrons. The van der Waals surface area contributed by atoms with E-state index in [0.717, 1.165) is 30.6 Å². The summed E-state index contributed by atoms with van der Waals surface area (Å²) in [4.78, 5) is 43.5. The van der Waals surface area contributed by atoms with Crippen LogP contribution < -0.4 is 4.90 Å². The number of hydrogen-bond acceptors (Lipinski definition) is 7. The van der Waals surface area contributed by atoms with E-state index in [-0.39, 0.29) is 39.7 Å². The normalized spacial score (nSPS) is 26.2. The maximum Gasteiger partial charge on any atom is 0.410 e. The van der Waals surface area contributed by atoms with Crippen LogP contribution in [0.15, 0.2) is 6.07 Å². The molecule has 1 atom stereocenters. The largest absolute Gasteiger partial charge is 0.477 e. The Kier molecular flexibility index (Phi) is 8.47. The standard InChI is InChI=1S/C27H40N2O7S2/c1-17-5-7-18(8-6-17)24(30)29(21-15-22(27(2,3)4)37-23(21)25(31)32)19-9-12-28(13-10-19)26(33)36-20-11-14-38(34,35)16-20/h15,17-20H,5-14,16H2,1-4H3,(H,31,32). The molecular weight excluding hydrogens is 528 g/mol. The minimum absolute atomic E-state index is 0.0187. The summed E-state index contributed by atoms with van der Waals surface area (Å²) in [5.74, 6) is -0.715. The van der Waals surface area contributed by atoms with Crippen molar-refractivity contribution in [3.8, 4) is 0 Å². The van der Waals surface area contributed by atoms with Crippen molar-refractivity contribution >= 4 is 44.8 Å². The van der Waals surface area contributed by atoms with Crippen LogP contribution in [-0.2, 0) is 24.8 Å². The van der Waals surface area contributed by atoms with E-state index in [4.69, 9.17) is 4.74 Å². The van der Waals surface area contributed by atoms with Gasteiger partial charge in [-0.15, -0.1) is 11.3 Å². The third kappa shape index (κ3) is 6.52. The van der Waals surface area contributed by atoms with Crippen LogP contribution in [0.25, 0.3) is 0 Å². The van der Waals surface area contributed by atoms with Crippen molar-refractivity contribution in [2.45, 2.75) is 90.2 Å². The molecule has 2 saturated heterocycles. The number of nitrogens with zero attached hydrogens (tertiary/aromatic N) is 2. The fourth-order valence-electron chi connectivity index (χ4n) is 5.66. The van der Waals surface area contributed by atoms with Crippen LogP contribution in [0.3, 0.4) is 0 Å². The van der Waals surface area contributed by atoms with Crippen molar-refractivity contribution in [2.24, 2.45) is 11.8 Å². The number of carbonyl (C=O) groups excluding carboxylic acids is 2. The molecule has 212 valence electrons. The fourth-order valence-corrected chi connectivity index (χ4v) is 8.30. The third-order valence-electron chi connectivity index (χ3n) is 8.05. The summed E-state index contributed by atoms with van der Waals surface area (Å²) in [6.07, 6.45) is 3.72. The number of hydrogen-bond donors (Lipinski definition) is 1. The lowest BCUT2D eigenvalue weighted by Gasteiger charge is -2.40. The van der Waals surface area contributed by atoms with Crippen molar-refractivity contribution in [2.75, 3.05) is 29.5 Å². The number of carboxylic acids is 1. The second-order valence-corrected chi connectivity index (χ2v) is 15.5. The molecule has 1 aromatic heterocycles. The number of rotatable bonds is 5. The molecule has 0 aromatic carbocycles. The van der Waals surface area contributed by atoms with Crippen LogP contribution in [0.2, 0.25) is 0 Å². The first-order chi connectivity index (χ1) is 17.7. The smallest absolute Gasteiger partial charge is 0.410 e. The summed E-state index contributed by atoms with van der Waals surface area (Å²) in [5, 5.41) is 10.1. The van der Waals surface area contributed by atoms with Gasteiger partial charge in [0.25, 0.3) is 0 Å². The molecule has 3 aliphatic rings. The molecule has 0 bridgehead atoms. The van der Waals surface area contributed by atoms with Gasteiger partial charge in [0.05, 0.1) is 17.2 Å². The summed E-state index contributed by atoms with van der Waals surface area (Å²) in [7, 11) is -3.15. The number of amides is 2. The van der Waals surface area contributed by atoms with Crippen LogP contribution >= 0.6 is 11.3 Å². The highest BCUT2D eigenvalue weighted by molar-refractivity contribution is 7.91. The molecule has 2 amide bonds. The Bertz CT molecular complexity index is 1150. The van der Waals surface area contributed by atoms with E-state index in [1.165, 1.54) is 11.3 Å². The molecule has 1 aliphatic carbocycles. The SMILES string of the molecule is CC1CCC(C(=O)N(c2cc(C(C)(C)C)sc2C(=O)O)C2CCN(C(=O)OC3CCS(=O)(=O)C3)CC2)CC1. The predicted molar refractivity (Wildman–Crippen MR) is 147 cm³/mol. The number of ether oxygens (including phenoxy) is 1. The number of carboxylic acid groups (broad SMARTS) is 1. The minimum Gasteiger partial charge on any atom is -0.477 e. The minimum atomic E-state index is -3.15. The molecule has 3 fully saturated rings. The lowest BCUT2D eigenvalue weighted by molar-refractivity contribution is -0.124. The second-order valence-electron chi connectivity index (χ2n) is 12.2. The van der Waals surface area contributed by atoms with Crippen molar-refractivity contribution in [3.05, 3.63) is 15.8 Å². The predicted octanol–water partition coefficient (Wildman–Crippen LogP) is 4.69. The van der Waals surface area contributed by atoms with E-state index in [0.29, 0.717) is 44.0 Å². The van der Waals surface area contributed by atoms with Crippen molar-refractivity contribution < 1.29 is 32.6 Å². The third-order valence-corrected chi connectivity index (χ3v) is 11.3. The van der Waals surface area contributed by atoms with Gasteiger partial charge in [0.1, 0.15) is 11.0 Å². The second kappa shape index (κ2) is 11.2. The molecule has 4 rings (SSSR count). The zero-order valence-corrected chi connectivity index (χ0v) is 24.4. The fraction of sp³-hybridized carbons (Fsp3) is 0.741. The lowest BCUT2D eigenvalue weighted by Crippen LogP contribution is -2.51. The van der Waals surface area contributed by atoms with Crippen LogP contribution in [0.1, 0.15) is 87.2 Å². The van der Waals surface area contributed by atoms with Gasteiger partial charge in [0, 0.05) is 29.9 Å². The Morgan fingerprint density at radius 1 is 1.05 bits per heavy atom. The summed E-state index contributed by atoms with van der Waals surface area (Å²) < 4.78 is 28.9. The highest BCUT2D eigenvalue weighted by Gasteiger charge is 2.39. The number of thiophene rings is 1. The van der Waals surface area contributed by atoms with Crippen molar-refractivity contribution in [1.29, 1.82) is 0 Å². The Labute approximate surface area is 229 Å². The van der Waals surface area contributed by atoms with Crippen LogP contribution in [0.5, 0.6) is 0 Å². The van der Waals surface area contributed by atoms with Crippen LogP contribution in [0, 0.1) is 11.8 Å². The van der Waals surface area contributed by atoms with Gasteiger partial charge in [0.15, 0.2) is 9.84 Å².